The number of allylic oxidation sites excluding steroid dienone is 4. The van der Waals surface area contributed by atoms with Crippen LogP contribution in [-0.4, -0.2) is 22.3 Å². The molecule has 0 radical (unpaired) electrons. The van der Waals surface area contributed by atoms with Gasteiger partial charge in [-0.05, 0) is 36.7 Å². The lowest BCUT2D eigenvalue weighted by molar-refractivity contribution is -0.134. The van der Waals surface area contributed by atoms with Gasteiger partial charge in [-0.1, -0.05) is 32.1 Å². The Morgan fingerprint density at radius 3 is 2.72 bits per heavy atom. The molecule has 100 valence electrons. The van der Waals surface area contributed by atoms with Crippen molar-refractivity contribution in [1.29, 1.82) is 0 Å². The molecule has 3 atom stereocenters. The van der Waals surface area contributed by atoms with E-state index < -0.39 is 11.7 Å². The first-order valence-corrected chi connectivity index (χ1v) is 6.55. The van der Waals surface area contributed by atoms with E-state index in [0.717, 1.165) is 18.4 Å². The minimum atomic E-state index is -1.33. The van der Waals surface area contributed by atoms with E-state index in [1.165, 1.54) is 0 Å². The molecule has 2 N–H and O–H groups in total. The number of carbonyl (C=O) groups is 1. The lowest BCUT2D eigenvalue weighted by atomic mass is 9.52. The van der Waals surface area contributed by atoms with Crippen LogP contribution in [0.4, 0.5) is 0 Å². The van der Waals surface area contributed by atoms with E-state index in [4.69, 9.17) is 0 Å². The van der Waals surface area contributed by atoms with Gasteiger partial charge in [-0.25, -0.2) is 0 Å². The van der Waals surface area contributed by atoms with Gasteiger partial charge in [0.15, 0.2) is 12.1 Å². The maximum atomic E-state index is 12.4. The van der Waals surface area contributed by atoms with Crippen LogP contribution in [-0.2, 0) is 4.79 Å². The summed E-state index contributed by atoms with van der Waals surface area (Å²) in [6.07, 6.45) is 6.61. The number of rotatable bonds is 2. The van der Waals surface area contributed by atoms with Gasteiger partial charge in [-0.2, -0.15) is 0 Å². The number of Topliss-reactive ketones (excluding diaryl/α,β-unsaturated/α-hetero) is 1. The third kappa shape index (κ3) is 1.95. The Kier molecular flexibility index (Phi) is 3.24. The molecule has 0 saturated heterocycles. The summed E-state index contributed by atoms with van der Waals surface area (Å²) in [5.41, 5.74) is 0.126. The van der Waals surface area contributed by atoms with Crippen LogP contribution in [0.5, 0.6) is 0 Å². The molecule has 3 heteroatoms. The van der Waals surface area contributed by atoms with Crippen LogP contribution in [0.1, 0.15) is 40.0 Å². The number of carbonyl (C=O) groups excluding carboxylic acids is 1. The number of ketones is 1. The van der Waals surface area contributed by atoms with Gasteiger partial charge in [0.05, 0.1) is 0 Å². The molecule has 0 aromatic heterocycles. The SMILES string of the molecule is CC1=CCC2[C@](C)(CC(O)O)C=CC[C@]2(C)C1=O. The molecule has 2 rings (SSSR count). The van der Waals surface area contributed by atoms with E-state index in [1.807, 2.05) is 32.9 Å². The summed E-state index contributed by atoms with van der Waals surface area (Å²) in [4.78, 5) is 12.4. The first-order chi connectivity index (χ1) is 8.29. The van der Waals surface area contributed by atoms with Crippen molar-refractivity contribution < 1.29 is 15.0 Å². The lowest BCUT2D eigenvalue weighted by Crippen LogP contribution is -2.49. The third-order valence-corrected chi connectivity index (χ3v) is 4.76. The molecular formula is C15H22O3. The molecule has 0 saturated carbocycles. The van der Waals surface area contributed by atoms with Crippen molar-refractivity contribution in [2.75, 3.05) is 0 Å². The van der Waals surface area contributed by atoms with Crippen LogP contribution >= 0.6 is 0 Å². The minimum Gasteiger partial charge on any atom is -0.368 e. The van der Waals surface area contributed by atoms with Crippen LogP contribution in [0.15, 0.2) is 23.8 Å². The second kappa shape index (κ2) is 4.32. The molecule has 0 bridgehead atoms. The zero-order valence-corrected chi connectivity index (χ0v) is 11.3. The number of aliphatic hydroxyl groups excluding tert-OH is 1. The fraction of sp³-hybridized carbons (Fsp3) is 0.667. The molecule has 0 spiro atoms. The molecule has 0 fully saturated rings. The number of hydrogen-bond acceptors (Lipinski definition) is 3. The Morgan fingerprint density at radius 1 is 1.44 bits per heavy atom. The van der Waals surface area contributed by atoms with E-state index in [2.05, 4.69) is 6.08 Å². The Labute approximate surface area is 108 Å². The zero-order chi connectivity index (χ0) is 13.6. The first-order valence-electron chi connectivity index (χ1n) is 6.55. The van der Waals surface area contributed by atoms with Crippen molar-refractivity contribution in [2.24, 2.45) is 16.7 Å². The predicted molar refractivity (Wildman–Crippen MR) is 69.7 cm³/mol. The molecule has 0 aliphatic heterocycles. The fourth-order valence-electron chi connectivity index (χ4n) is 3.78. The van der Waals surface area contributed by atoms with Crippen LogP contribution in [0.2, 0.25) is 0 Å². The van der Waals surface area contributed by atoms with Crippen LogP contribution in [0.3, 0.4) is 0 Å². The Morgan fingerprint density at radius 2 is 2.11 bits per heavy atom. The van der Waals surface area contributed by atoms with Crippen molar-refractivity contribution in [3.05, 3.63) is 23.8 Å². The fourth-order valence-corrected chi connectivity index (χ4v) is 3.78. The molecule has 0 amide bonds. The summed E-state index contributed by atoms with van der Waals surface area (Å²) in [6.45, 7) is 5.91. The molecule has 3 nitrogen and oxygen atoms in total. The smallest absolute Gasteiger partial charge is 0.164 e. The standard InChI is InChI=1S/C15H22O3/c1-10-5-6-11-14(2,9-12(16)17)7-4-8-15(11,3)13(10)18/h4-5,7,11-12,16-17H,6,8-9H2,1-3H3/t11?,14-,15-/m0/s1. The highest BCUT2D eigenvalue weighted by Gasteiger charge is 2.52. The van der Waals surface area contributed by atoms with Gasteiger partial charge >= 0.3 is 0 Å². The molecule has 0 aromatic rings. The molecule has 2 aliphatic carbocycles. The van der Waals surface area contributed by atoms with Gasteiger partial charge in [-0.3, -0.25) is 4.79 Å². The Hall–Kier alpha value is -0.930. The molecular weight excluding hydrogens is 228 g/mol. The monoisotopic (exact) mass is 250 g/mol. The number of fused-ring (bicyclic) bond motifs is 1. The second-order valence-electron chi connectivity index (χ2n) is 6.22. The first kappa shape index (κ1) is 13.5. The molecule has 0 heterocycles. The Balaban J connectivity index is 2.41. The predicted octanol–water partition coefficient (Wildman–Crippen LogP) is 2.20. The van der Waals surface area contributed by atoms with Crippen molar-refractivity contribution in [2.45, 2.75) is 46.3 Å². The minimum absolute atomic E-state index is 0.146. The van der Waals surface area contributed by atoms with E-state index in [9.17, 15) is 15.0 Å². The maximum Gasteiger partial charge on any atom is 0.164 e. The average Bonchev–Trinajstić information content (AvgIpc) is 2.24. The van der Waals surface area contributed by atoms with Crippen molar-refractivity contribution >= 4 is 5.78 Å². The van der Waals surface area contributed by atoms with Gasteiger partial charge < -0.3 is 10.2 Å². The summed E-state index contributed by atoms with van der Waals surface area (Å²) < 4.78 is 0. The van der Waals surface area contributed by atoms with E-state index in [1.54, 1.807) is 0 Å². The van der Waals surface area contributed by atoms with Gasteiger partial charge in [0.25, 0.3) is 0 Å². The summed E-state index contributed by atoms with van der Waals surface area (Å²) >= 11 is 0. The van der Waals surface area contributed by atoms with Gasteiger partial charge in [0.1, 0.15) is 0 Å². The van der Waals surface area contributed by atoms with Gasteiger partial charge in [-0.15, -0.1) is 0 Å². The van der Waals surface area contributed by atoms with Crippen LogP contribution in [0, 0.1) is 16.7 Å². The molecule has 0 aromatic carbocycles. The van der Waals surface area contributed by atoms with Gasteiger partial charge in [0, 0.05) is 11.8 Å². The quantitative estimate of drug-likeness (QED) is 0.583. The van der Waals surface area contributed by atoms with E-state index in [0.29, 0.717) is 0 Å². The molecule has 18 heavy (non-hydrogen) atoms. The van der Waals surface area contributed by atoms with Crippen molar-refractivity contribution in [3.8, 4) is 0 Å². The number of hydrogen-bond donors (Lipinski definition) is 2. The zero-order valence-electron chi connectivity index (χ0n) is 11.3. The van der Waals surface area contributed by atoms with Crippen LogP contribution < -0.4 is 0 Å². The highest BCUT2D eigenvalue weighted by Crippen LogP contribution is 2.54. The number of aliphatic hydroxyl groups is 2. The van der Waals surface area contributed by atoms with E-state index in [-0.39, 0.29) is 23.5 Å². The lowest BCUT2D eigenvalue weighted by Gasteiger charge is -2.50. The summed E-state index contributed by atoms with van der Waals surface area (Å²) in [5.74, 6) is 0.356. The highest BCUT2D eigenvalue weighted by atomic mass is 16.5. The largest absolute Gasteiger partial charge is 0.368 e. The topological polar surface area (TPSA) is 57.5 Å². The maximum absolute atomic E-state index is 12.4. The molecule has 1 unspecified atom stereocenters. The Bertz CT molecular complexity index is 421. The molecule has 2 aliphatic rings. The van der Waals surface area contributed by atoms with Crippen molar-refractivity contribution in [1.82, 2.24) is 0 Å². The average molecular weight is 250 g/mol. The summed E-state index contributed by atoms with van der Waals surface area (Å²) in [6, 6.07) is 0. The normalized spacial score (nSPS) is 39.8. The second-order valence-corrected chi connectivity index (χ2v) is 6.22. The van der Waals surface area contributed by atoms with Gasteiger partial charge in [0.2, 0.25) is 0 Å². The van der Waals surface area contributed by atoms with Crippen LogP contribution in [0.25, 0.3) is 0 Å². The summed E-state index contributed by atoms with van der Waals surface area (Å²) in [7, 11) is 0. The summed E-state index contributed by atoms with van der Waals surface area (Å²) in [5, 5.41) is 18.6. The highest BCUT2D eigenvalue weighted by molar-refractivity contribution is 6.00. The third-order valence-electron chi connectivity index (χ3n) is 4.76. The van der Waals surface area contributed by atoms with Crippen molar-refractivity contribution in [3.63, 3.8) is 0 Å². The van der Waals surface area contributed by atoms with E-state index >= 15 is 0 Å².